The molecule has 0 spiro atoms. The van der Waals surface area contributed by atoms with E-state index >= 15 is 0 Å². The maximum absolute atomic E-state index is 11.5. The van der Waals surface area contributed by atoms with Gasteiger partial charge in [0.15, 0.2) is 5.60 Å². The lowest BCUT2D eigenvalue weighted by atomic mass is 9.79. The first-order valence-electron chi connectivity index (χ1n) is 13.3. The summed E-state index contributed by atoms with van der Waals surface area (Å²) >= 11 is 3.00. The number of allylic oxidation sites excluding steroid dienone is 1. The Kier molecular flexibility index (Phi) is 12.0. The molecule has 4 N–H and O–H groups in total. The summed E-state index contributed by atoms with van der Waals surface area (Å²) in [4.78, 5) is 0. The zero-order valence-electron chi connectivity index (χ0n) is 23.0. The summed E-state index contributed by atoms with van der Waals surface area (Å²) in [5, 5.41) is 44.6. The molecular weight excluding hydrogens is 528 g/mol. The van der Waals surface area contributed by atoms with Crippen molar-refractivity contribution in [3.8, 4) is 0 Å². The van der Waals surface area contributed by atoms with Gasteiger partial charge in [-0.2, -0.15) is 0 Å². The Labute approximate surface area is 241 Å². The van der Waals surface area contributed by atoms with Gasteiger partial charge in [-0.15, -0.1) is 23.5 Å². The molecule has 210 valence electrons. The van der Waals surface area contributed by atoms with Crippen LogP contribution < -0.4 is 0 Å². The third-order valence-corrected chi connectivity index (χ3v) is 9.23. The fourth-order valence-corrected chi connectivity index (χ4v) is 7.17. The molecular formula is C32H40O5S2. The minimum absolute atomic E-state index is 0.133. The summed E-state index contributed by atoms with van der Waals surface area (Å²) in [7, 11) is 0. The van der Waals surface area contributed by atoms with E-state index in [0.717, 1.165) is 28.2 Å². The van der Waals surface area contributed by atoms with E-state index in [9.17, 15) is 20.4 Å². The van der Waals surface area contributed by atoms with E-state index in [1.54, 1.807) is 13.8 Å². The lowest BCUT2D eigenvalue weighted by Gasteiger charge is -2.40. The second-order valence-corrected chi connectivity index (χ2v) is 12.6. The fourth-order valence-electron chi connectivity index (χ4n) is 4.60. The molecule has 0 amide bonds. The molecule has 0 aliphatic heterocycles. The van der Waals surface area contributed by atoms with Gasteiger partial charge in [0.25, 0.3) is 0 Å². The summed E-state index contributed by atoms with van der Waals surface area (Å²) in [6, 6.07) is 29.2. The van der Waals surface area contributed by atoms with Crippen molar-refractivity contribution in [2.24, 2.45) is 0 Å². The summed E-state index contributed by atoms with van der Waals surface area (Å²) < 4.78 is 6.55. The number of thioether (sulfide) groups is 2. The highest BCUT2D eigenvalue weighted by Gasteiger charge is 2.43. The number of ether oxygens (including phenoxy) is 1. The van der Waals surface area contributed by atoms with Gasteiger partial charge in [0.2, 0.25) is 0 Å². The minimum atomic E-state index is -1.68. The average Bonchev–Trinajstić information content (AvgIpc) is 2.97. The van der Waals surface area contributed by atoms with E-state index in [2.05, 4.69) is 0 Å². The van der Waals surface area contributed by atoms with Crippen LogP contribution in [-0.4, -0.2) is 60.9 Å². The number of aliphatic hydroxyl groups is 4. The van der Waals surface area contributed by atoms with Crippen molar-refractivity contribution >= 4 is 23.5 Å². The highest BCUT2D eigenvalue weighted by atomic mass is 32.2. The van der Waals surface area contributed by atoms with Crippen molar-refractivity contribution in [1.29, 1.82) is 0 Å². The zero-order chi connectivity index (χ0) is 28.4. The Hall–Kier alpha value is -2.26. The van der Waals surface area contributed by atoms with Crippen molar-refractivity contribution in [2.45, 2.75) is 62.3 Å². The number of hydrogen-bond donors (Lipinski definition) is 4. The highest BCUT2D eigenvalue weighted by molar-refractivity contribution is 8.17. The largest absolute Gasteiger partial charge is 0.475 e. The van der Waals surface area contributed by atoms with Gasteiger partial charge >= 0.3 is 0 Å². The maximum atomic E-state index is 11.5. The Balaban J connectivity index is 2.10. The Morgan fingerprint density at radius 3 is 1.36 bits per heavy atom. The summed E-state index contributed by atoms with van der Waals surface area (Å²) in [6.45, 7) is 7.54. The predicted molar refractivity (Wildman–Crippen MR) is 163 cm³/mol. The van der Waals surface area contributed by atoms with E-state index in [0.29, 0.717) is 5.57 Å². The molecule has 0 saturated heterocycles. The zero-order valence-corrected chi connectivity index (χ0v) is 24.6. The second-order valence-electron chi connectivity index (χ2n) is 9.44. The molecule has 0 aliphatic carbocycles. The van der Waals surface area contributed by atoms with Crippen LogP contribution in [0, 0.1) is 0 Å². The van der Waals surface area contributed by atoms with Crippen molar-refractivity contribution in [2.75, 3.05) is 11.5 Å². The predicted octanol–water partition coefficient (Wildman–Crippen LogP) is 5.56. The summed E-state index contributed by atoms with van der Waals surface area (Å²) in [6.07, 6.45) is -6.10. The van der Waals surface area contributed by atoms with Gasteiger partial charge in [0.05, 0.1) is 4.58 Å². The van der Waals surface area contributed by atoms with Crippen LogP contribution in [0.5, 0.6) is 0 Å². The number of aliphatic hydroxyl groups excluding tert-OH is 4. The quantitative estimate of drug-likeness (QED) is 0.115. The molecule has 7 heteroatoms. The van der Waals surface area contributed by atoms with Crippen molar-refractivity contribution in [3.05, 3.63) is 119 Å². The van der Waals surface area contributed by atoms with Gasteiger partial charge in [0.1, 0.15) is 30.2 Å². The van der Waals surface area contributed by atoms with E-state index in [1.165, 1.54) is 23.5 Å². The summed E-state index contributed by atoms with van der Waals surface area (Å²) in [5.41, 5.74) is 1.98. The summed E-state index contributed by atoms with van der Waals surface area (Å²) in [5.74, 6) is 1.62. The molecule has 3 aromatic carbocycles. The second kappa shape index (κ2) is 14.9. The lowest BCUT2D eigenvalue weighted by Crippen LogP contribution is -2.49. The van der Waals surface area contributed by atoms with Gasteiger partial charge in [0, 0.05) is 16.7 Å². The molecule has 0 radical (unpaired) electrons. The van der Waals surface area contributed by atoms with Gasteiger partial charge in [-0.3, -0.25) is 0 Å². The van der Waals surface area contributed by atoms with Gasteiger partial charge in [-0.05, 0) is 30.9 Å². The Morgan fingerprint density at radius 2 is 1.03 bits per heavy atom. The molecule has 0 aliphatic rings. The molecule has 3 rings (SSSR count). The van der Waals surface area contributed by atoms with E-state index < -0.39 is 30.0 Å². The Bertz CT molecular complexity index is 1050. The highest BCUT2D eigenvalue weighted by Crippen LogP contribution is 2.43. The lowest BCUT2D eigenvalue weighted by molar-refractivity contribution is -0.109. The van der Waals surface area contributed by atoms with Gasteiger partial charge in [-0.25, -0.2) is 0 Å². The number of rotatable bonds is 14. The van der Waals surface area contributed by atoms with E-state index in [4.69, 9.17) is 4.74 Å². The SMILES string of the molecule is CCSC(SCC)[C@H](O)[C@@H](O)[C@@H](O)[C@H](O)C(OC(c1ccccc1)(c1ccccc1)c1ccccc1)=C(C)C. The first-order valence-corrected chi connectivity index (χ1v) is 15.4. The van der Waals surface area contributed by atoms with Crippen LogP contribution in [0.1, 0.15) is 44.4 Å². The normalized spacial score (nSPS) is 14.9. The first-order chi connectivity index (χ1) is 18.8. The molecule has 0 saturated carbocycles. The number of benzene rings is 3. The monoisotopic (exact) mass is 568 g/mol. The van der Waals surface area contributed by atoms with Crippen LogP contribution in [-0.2, 0) is 10.3 Å². The van der Waals surface area contributed by atoms with Crippen LogP contribution in [0.3, 0.4) is 0 Å². The molecule has 5 nitrogen and oxygen atoms in total. The topological polar surface area (TPSA) is 90.2 Å². The molecule has 3 aromatic rings. The van der Waals surface area contributed by atoms with Gasteiger partial charge in [-0.1, -0.05) is 105 Å². The smallest absolute Gasteiger partial charge is 0.184 e. The maximum Gasteiger partial charge on any atom is 0.184 e. The standard InChI is InChI=1S/C32H40O5S2/c1-5-38-31(39-6-2)29(36)27(34)26(33)28(35)30(22(3)4)37-32(23-16-10-7-11-17-23,24-18-12-8-13-19-24)25-20-14-9-15-21-25/h7-21,26-29,31,33-36H,5-6H2,1-4H3/t26-,27+,28+,29-/m1/s1. The minimum Gasteiger partial charge on any atom is -0.475 e. The van der Waals surface area contributed by atoms with Crippen LogP contribution >= 0.6 is 23.5 Å². The van der Waals surface area contributed by atoms with Crippen LogP contribution in [0.4, 0.5) is 0 Å². The molecule has 0 bridgehead atoms. The number of hydrogen-bond acceptors (Lipinski definition) is 7. The molecule has 0 aromatic heterocycles. The van der Waals surface area contributed by atoms with Crippen LogP contribution in [0.25, 0.3) is 0 Å². The molecule has 0 unspecified atom stereocenters. The van der Waals surface area contributed by atoms with Gasteiger partial charge < -0.3 is 25.2 Å². The fraction of sp³-hybridized carbons (Fsp3) is 0.375. The molecule has 0 fully saturated rings. The third-order valence-electron chi connectivity index (χ3n) is 6.53. The Morgan fingerprint density at radius 1 is 0.641 bits per heavy atom. The van der Waals surface area contributed by atoms with Crippen molar-refractivity contribution < 1.29 is 25.2 Å². The van der Waals surface area contributed by atoms with E-state index in [1.807, 2.05) is 105 Å². The van der Waals surface area contributed by atoms with Crippen molar-refractivity contribution in [1.82, 2.24) is 0 Å². The molecule has 39 heavy (non-hydrogen) atoms. The van der Waals surface area contributed by atoms with Crippen LogP contribution in [0.2, 0.25) is 0 Å². The molecule has 0 heterocycles. The molecule has 4 atom stereocenters. The van der Waals surface area contributed by atoms with Crippen LogP contribution in [0.15, 0.2) is 102 Å². The average molecular weight is 569 g/mol. The third kappa shape index (κ3) is 7.28. The first kappa shape index (κ1) is 31.3. The van der Waals surface area contributed by atoms with Crippen molar-refractivity contribution in [3.63, 3.8) is 0 Å². The van der Waals surface area contributed by atoms with E-state index in [-0.39, 0.29) is 10.3 Å².